The van der Waals surface area contributed by atoms with Crippen LogP contribution in [0.1, 0.15) is 115 Å². The maximum atomic E-state index is 14.1. The molecule has 2 heterocycles. The van der Waals surface area contributed by atoms with Gasteiger partial charge in [0.15, 0.2) is 24.8 Å². The number of rotatable bonds is 13. The molecule has 2 saturated heterocycles. The first kappa shape index (κ1) is 47.0. The number of esters is 2. The fourth-order valence-electron chi connectivity index (χ4n) is 12.4. The first-order valence-electron chi connectivity index (χ1n) is 22.9. The number of hydrogen-bond acceptors (Lipinski definition) is 14. The summed E-state index contributed by atoms with van der Waals surface area (Å²) in [5, 5.41) is 43.8. The Morgan fingerprint density at radius 2 is 1.60 bits per heavy atom. The Morgan fingerprint density at radius 3 is 2.27 bits per heavy atom. The van der Waals surface area contributed by atoms with E-state index in [4.69, 9.17) is 33.2 Å². The number of methoxy groups -OCH3 is 1. The van der Waals surface area contributed by atoms with E-state index in [-0.39, 0.29) is 59.2 Å². The maximum Gasteiger partial charge on any atom is 0.338 e. The maximum absolute atomic E-state index is 14.1. The van der Waals surface area contributed by atoms with Crippen LogP contribution in [0.4, 0.5) is 0 Å². The minimum Gasteiger partial charge on any atom is -0.497 e. The normalized spacial score (nSPS) is 41.0. The lowest BCUT2D eigenvalue weighted by molar-refractivity contribution is -0.340. The van der Waals surface area contributed by atoms with E-state index >= 15 is 0 Å². The summed E-state index contributed by atoms with van der Waals surface area (Å²) in [5.41, 5.74) is 1.87. The van der Waals surface area contributed by atoms with Gasteiger partial charge in [-0.25, -0.2) is 4.79 Å². The fraction of sp³-hybridized carbons (Fsp3) is 0.771. The molecule has 0 amide bonds. The summed E-state index contributed by atoms with van der Waals surface area (Å²) in [4.78, 5) is 40.5. The van der Waals surface area contributed by atoms with Gasteiger partial charge in [0, 0.05) is 25.2 Å². The molecule has 0 radical (unpaired) electrons. The molecule has 346 valence electrons. The summed E-state index contributed by atoms with van der Waals surface area (Å²) in [5.74, 6) is 0.0941. The Bertz CT molecular complexity index is 1810. The Labute approximate surface area is 365 Å². The van der Waals surface area contributed by atoms with Crippen molar-refractivity contribution in [2.24, 2.45) is 46.3 Å². The van der Waals surface area contributed by atoms with Crippen LogP contribution < -0.4 is 4.74 Å². The second-order valence-electron chi connectivity index (χ2n) is 20.1. The van der Waals surface area contributed by atoms with Gasteiger partial charge in [0.1, 0.15) is 35.9 Å². The number of aliphatic hydroxyl groups is 4. The van der Waals surface area contributed by atoms with Crippen molar-refractivity contribution in [2.45, 2.75) is 168 Å². The lowest BCUT2D eigenvalue weighted by Gasteiger charge is -2.58. The number of hydrogen-bond donors (Lipinski definition) is 4. The number of Topliss-reactive ketones (excluding diaryl/α,β-unsaturated/α-hetero) is 1. The van der Waals surface area contributed by atoms with E-state index in [2.05, 4.69) is 33.8 Å². The monoisotopic (exact) mass is 870 g/mol. The molecule has 17 atom stereocenters. The van der Waals surface area contributed by atoms with Crippen molar-refractivity contribution in [1.29, 1.82) is 0 Å². The number of aliphatic hydroxyl groups excluding tert-OH is 4. The smallest absolute Gasteiger partial charge is 0.338 e. The Balaban J connectivity index is 1.16. The Hall–Kier alpha value is -2.95. The second kappa shape index (κ2) is 18.9. The molecule has 1 unspecified atom stereocenters. The van der Waals surface area contributed by atoms with Crippen molar-refractivity contribution in [2.75, 3.05) is 20.3 Å². The van der Waals surface area contributed by atoms with Gasteiger partial charge in [-0.3, -0.25) is 9.59 Å². The highest BCUT2D eigenvalue weighted by Gasteiger charge is 2.64. The summed E-state index contributed by atoms with van der Waals surface area (Å²) in [6, 6.07) is 4.78. The van der Waals surface area contributed by atoms with Crippen LogP contribution in [0.15, 0.2) is 29.8 Å². The lowest BCUT2D eigenvalue weighted by atomic mass is 9.47. The molecule has 6 aliphatic rings. The molecule has 2 aliphatic heterocycles. The van der Waals surface area contributed by atoms with Crippen molar-refractivity contribution in [3.63, 3.8) is 0 Å². The molecule has 7 rings (SSSR count). The van der Waals surface area contributed by atoms with E-state index in [1.807, 2.05) is 6.92 Å². The molecule has 14 heteroatoms. The van der Waals surface area contributed by atoms with Gasteiger partial charge in [-0.2, -0.15) is 0 Å². The van der Waals surface area contributed by atoms with Crippen molar-refractivity contribution in [1.82, 2.24) is 0 Å². The predicted octanol–water partition coefficient (Wildman–Crippen LogP) is 5.22. The zero-order chi connectivity index (χ0) is 44.8. The van der Waals surface area contributed by atoms with E-state index in [0.717, 1.165) is 44.9 Å². The van der Waals surface area contributed by atoms with E-state index in [1.54, 1.807) is 19.1 Å². The molecular formula is C48H70O14. The van der Waals surface area contributed by atoms with Gasteiger partial charge in [-0.1, -0.05) is 46.3 Å². The largest absolute Gasteiger partial charge is 0.497 e. The van der Waals surface area contributed by atoms with Crippen molar-refractivity contribution < 1.29 is 68.0 Å². The topological polar surface area (TPSA) is 197 Å². The summed E-state index contributed by atoms with van der Waals surface area (Å²) in [6.45, 7) is 13.3. The number of allylic oxidation sites excluding steroid dienone is 1. The average Bonchev–Trinajstić information content (AvgIpc) is 3.52. The van der Waals surface area contributed by atoms with E-state index < -0.39 is 67.2 Å². The number of carbonyl (C=O) groups excluding carboxylic acids is 3. The van der Waals surface area contributed by atoms with Crippen LogP contribution in [0, 0.1) is 53.3 Å². The molecule has 3 saturated carbocycles. The van der Waals surface area contributed by atoms with Gasteiger partial charge < -0.3 is 53.6 Å². The summed E-state index contributed by atoms with van der Waals surface area (Å²) in [6.07, 6.45) is -2.57. The Morgan fingerprint density at radius 1 is 0.887 bits per heavy atom. The second-order valence-corrected chi connectivity index (χ2v) is 20.1. The standard InChI is InChI=1S/C48H70O14/c1-24(2)9-14-35(51)26(4)39-38(21-34-32-12-10-28-20-29(50)15-17-47(28,6)33(32)16-18-48(34,39)7)60-46-43(59-27(5)49)41(37(53)23-58-46)62-45-42(40(54)36(52)22-57-45)61-44(55)31-13-11-30(56-8)19-25(31)3/h10-11,13,19,24,26,29,32-34,36-43,45-46,50,52-54H,9,12,14-18,20-23H2,1-8H3/t26-,29+,32-,33+,34+,36-,37+,38+,39+,40+,41+,42-,43-,45+,46?,47+,48+/m1/s1. The molecular weight excluding hydrogens is 801 g/mol. The molecule has 1 aromatic carbocycles. The van der Waals surface area contributed by atoms with Crippen LogP contribution in [-0.2, 0) is 38.0 Å². The van der Waals surface area contributed by atoms with Gasteiger partial charge in [0.05, 0.1) is 38.1 Å². The van der Waals surface area contributed by atoms with Crippen molar-refractivity contribution in [3.8, 4) is 5.75 Å². The molecule has 4 aliphatic carbocycles. The van der Waals surface area contributed by atoms with E-state index in [1.165, 1.54) is 25.7 Å². The third-order valence-corrected chi connectivity index (χ3v) is 15.8. The van der Waals surface area contributed by atoms with Crippen LogP contribution >= 0.6 is 0 Å². The number of aryl methyl sites for hydroxylation is 1. The van der Waals surface area contributed by atoms with Crippen LogP contribution in [0.5, 0.6) is 5.75 Å². The van der Waals surface area contributed by atoms with Crippen molar-refractivity contribution in [3.05, 3.63) is 41.0 Å². The van der Waals surface area contributed by atoms with Gasteiger partial charge in [-0.05, 0) is 117 Å². The summed E-state index contributed by atoms with van der Waals surface area (Å²) in [7, 11) is 1.51. The van der Waals surface area contributed by atoms with Gasteiger partial charge in [0.25, 0.3) is 0 Å². The molecule has 0 bridgehead atoms. The summed E-state index contributed by atoms with van der Waals surface area (Å²) < 4.78 is 42.3. The molecule has 0 aromatic heterocycles. The minimum absolute atomic E-state index is 0.00862. The van der Waals surface area contributed by atoms with Gasteiger partial charge >= 0.3 is 11.9 Å². The molecule has 62 heavy (non-hydrogen) atoms. The van der Waals surface area contributed by atoms with Gasteiger partial charge in [-0.15, -0.1) is 0 Å². The number of ether oxygens (including phenoxy) is 7. The van der Waals surface area contributed by atoms with Crippen LogP contribution in [0.2, 0.25) is 0 Å². The molecule has 0 spiro atoms. The molecule has 4 N–H and O–H groups in total. The number of ketones is 1. The van der Waals surface area contributed by atoms with Crippen LogP contribution in [-0.4, -0.2) is 120 Å². The third kappa shape index (κ3) is 9.14. The quantitative estimate of drug-likeness (QED) is 0.149. The molecule has 1 aromatic rings. The highest BCUT2D eigenvalue weighted by atomic mass is 16.7. The van der Waals surface area contributed by atoms with Crippen LogP contribution in [0.3, 0.4) is 0 Å². The van der Waals surface area contributed by atoms with Gasteiger partial charge in [0.2, 0.25) is 0 Å². The number of benzene rings is 1. The van der Waals surface area contributed by atoms with Crippen molar-refractivity contribution >= 4 is 17.7 Å². The zero-order valence-electron chi connectivity index (χ0n) is 37.7. The number of fused-ring (bicyclic) bond motifs is 5. The highest BCUT2D eigenvalue weighted by molar-refractivity contribution is 5.91. The SMILES string of the molecule is COc1ccc(C(=O)O[C@H]2[C@H](O[C@H]3[C@@H](O)COC(O[C@H]4C[C@H]5[C@@H]6CC=C7C[C@@H](O)CC[C@]7(C)[C@H]6CC[C@]5(C)[C@H]4[C@H](C)C(=O)CCC(C)C)[C@@H]3OC(C)=O)OC[C@@H](O)[C@@H]2O)c(C)c1. The fourth-order valence-corrected chi connectivity index (χ4v) is 12.4. The first-order valence-corrected chi connectivity index (χ1v) is 22.9. The minimum atomic E-state index is -1.62. The average molecular weight is 871 g/mol. The number of carbonyl (C=O) groups is 3. The lowest BCUT2D eigenvalue weighted by Crippen LogP contribution is -2.62. The summed E-state index contributed by atoms with van der Waals surface area (Å²) >= 11 is 0. The molecule has 5 fully saturated rings. The van der Waals surface area contributed by atoms with Crippen LogP contribution in [0.25, 0.3) is 0 Å². The molecule has 14 nitrogen and oxygen atoms in total. The predicted molar refractivity (Wildman–Crippen MR) is 225 cm³/mol. The zero-order valence-corrected chi connectivity index (χ0v) is 37.7. The Kier molecular flexibility index (Phi) is 14.3. The highest BCUT2D eigenvalue weighted by Crippen LogP contribution is 2.68. The van der Waals surface area contributed by atoms with E-state index in [9.17, 15) is 34.8 Å². The first-order chi connectivity index (χ1) is 29.4. The third-order valence-electron chi connectivity index (χ3n) is 15.8. The van der Waals surface area contributed by atoms with E-state index in [0.29, 0.717) is 41.9 Å².